The highest BCUT2D eigenvalue weighted by Gasteiger charge is 2.42. The standard InChI is InChI=1S/C16H17ClN2O2/c17-9-14-18-12-4-2-1-3-11(12)16(20)19(14)13-7-8-21-15(13)10-5-6-10/h1-4,10,13,15H,5-9H2. The molecular formula is C16H17ClN2O2. The molecule has 0 spiro atoms. The maximum atomic E-state index is 12.9. The number of hydrogen-bond acceptors (Lipinski definition) is 3. The molecule has 1 aromatic carbocycles. The summed E-state index contributed by atoms with van der Waals surface area (Å²) in [5.74, 6) is 1.49. The van der Waals surface area contributed by atoms with E-state index >= 15 is 0 Å². The van der Waals surface area contributed by atoms with Crippen LogP contribution in [0.3, 0.4) is 0 Å². The van der Waals surface area contributed by atoms with E-state index in [4.69, 9.17) is 16.3 Å². The summed E-state index contributed by atoms with van der Waals surface area (Å²) in [7, 11) is 0. The van der Waals surface area contributed by atoms with Crippen molar-refractivity contribution in [3.63, 3.8) is 0 Å². The number of nitrogens with zero attached hydrogens (tertiary/aromatic N) is 2. The van der Waals surface area contributed by atoms with Gasteiger partial charge in [-0.2, -0.15) is 0 Å². The predicted octanol–water partition coefficient (Wildman–Crippen LogP) is 2.88. The number of hydrogen-bond donors (Lipinski definition) is 0. The number of rotatable bonds is 3. The Morgan fingerprint density at radius 2 is 2.10 bits per heavy atom. The first-order valence-electron chi connectivity index (χ1n) is 7.47. The second-order valence-electron chi connectivity index (χ2n) is 5.88. The van der Waals surface area contributed by atoms with Gasteiger partial charge in [-0.15, -0.1) is 11.6 Å². The molecule has 2 aliphatic rings. The molecule has 4 rings (SSSR count). The van der Waals surface area contributed by atoms with Crippen molar-refractivity contribution in [3.05, 3.63) is 40.4 Å². The number of alkyl halides is 1. The van der Waals surface area contributed by atoms with Gasteiger partial charge in [0.25, 0.3) is 5.56 Å². The van der Waals surface area contributed by atoms with Gasteiger partial charge in [0.05, 0.1) is 28.9 Å². The van der Waals surface area contributed by atoms with Crippen LogP contribution in [0.5, 0.6) is 0 Å². The maximum Gasteiger partial charge on any atom is 0.261 e. The Hall–Kier alpha value is -1.39. The zero-order chi connectivity index (χ0) is 14.4. The molecule has 110 valence electrons. The molecule has 1 saturated heterocycles. The van der Waals surface area contributed by atoms with Gasteiger partial charge < -0.3 is 4.74 Å². The molecular weight excluding hydrogens is 288 g/mol. The number of para-hydroxylation sites is 1. The summed E-state index contributed by atoms with van der Waals surface area (Å²) in [6.07, 6.45) is 3.42. The average molecular weight is 305 g/mol. The molecule has 2 heterocycles. The number of fused-ring (bicyclic) bond motifs is 1. The maximum absolute atomic E-state index is 12.9. The minimum atomic E-state index is 0.0115. The molecule has 0 amide bonds. The summed E-state index contributed by atoms with van der Waals surface area (Å²) in [4.78, 5) is 17.5. The Bertz CT molecular complexity index is 739. The molecule has 2 aromatic rings. The highest BCUT2D eigenvalue weighted by molar-refractivity contribution is 6.16. The van der Waals surface area contributed by atoms with Crippen molar-refractivity contribution in [2.45, 2.75) is 37.3 Å². The van der Waals surface area contributed by atoms with Crippen molar-refractivity contribution >= 4 is 22.5 Å². The Labute approximate surface area is 127 Å². The lowest BCUT2D eigenvalue weighted by atomic mass is 10.1. The number of ether oxygens (including phenoxy) is 1. The number of halogens is 1. The zero-order valence-corrected chi connectivity index (χ0v) is 12.4. The van der Waals surface area contributed by atoms with Gasteiger partial charge >= 0.3 is 0 Å². The molecule has 1 aromatic heterocycles. The molecule has 5 heteroatoms. The van der Waals surface area contributed by atoms with E-state index in [1.165, 1.54) is 12.8 Å². The molecule has 1 saturated carbocycles. The van der Waals surface area contributed by atoms with Crippen LogP contribution in [-0.2, 0) is 10.6 Å². The first-order valence-corrected chi connectivity index (χ1v) is 8.01. The van der Waals surface area contributed by atoms with Crippen LogP contribution in [-0.4, -0.2) is 22.3 Å². The van der Waals surface area contributed by atoms with Gasteiger partial charge in [-0.1, -0.05) is 12.1 Å². The Kier molecular flexibility index (Phi) is 3.23. The first-order chi connectivity index (χ1) is 10.3. The second kappa shape index (κ2) is 5.11. The second-order valence-corrected chi connectivity index (χ2v) is 6.15. The third kappa shape index (κ3) is 2.17. The van der Waals surface area contributed by atoms with Crippen molar-refractivity contribution in [1.82, 2.24) is 9.55 Å². The Balaban J connectivity index is 1.90. The Morgan fingerprint density at radius 1 is 1.29 bits per heavy atom. The van der Waals surface area contributed by atoms with Crippen LogP contribution in [0.2, 0.25) is 0 Å². The molecule has 21 heavy (non-hydrogen) atoms. The topological polar surface area (TPSA) is 44.1 Å². The van der Waals surface area contributed by atoms with Crippen molar-refractivity contribution in [3.8, 4) is 0 Å². The highest BCUT2D eigenvalue weighted by Crippen LogP contribution is 2.43. The first kappa shape index (κ1) is 13.3. The summed E-state index contributed by atoms with van der Waals surface area (Å²) in [6, 6.07) is 7.54. The fourth-order valence-corrected chi connectivity index (χ4v) is 3.57. The van der Waals surface area contributed by atoms with Gasteiger partial charge in [0.1, 0.15) is 5.82 Å². The van der Waals surface area contributed by atoms with E-state index in [0.29, 0.717) is 23.7 Å². The van der Waals surface area contributed by atoms with E-state index in [2.05, 4.69) is 4.98 Å². The quantitative estimate of drug-likeness (QED) is 0.819. The SMILES string of the molecule is O=c1c2ccccc2nc(CCl)n1C1CCOC1C1CC1. The van der Waals surface area contributed by atoms with Crippen LogP contribution < -0.4 is 5.56 Å². The highest BCUT2D eigenvalue weighted by atomic mass is 35.5. The molecule has 1 aliphatic carbocycles. The van der Waals surface area contributed by atoms with Crippen molar-refractivity contribution in [2.75, 3.05) is 6.61 Å². The normalized spacial score (nSPS) is 25.6. The molecule has 2 fully saturated rings. The van der Waals surface area contributed by atoms with E-state index < -0.39 is 0 Å². The summed E-state index contributed by atoms with van der Waals surface area (Å²) >= 11 is 6.06. The van der Waals surface area contributed by atoms with Gasteiger partial charge in [0.2, 0.25) is 0 Å². The van der Waals surface area contributed by atoms with Crippen LogP contribution in [0.25, 0.3) is 10.9 Å². The molecule has 4 nitrogen and oxygen atoms in total. The van der Waals surface area contributed by atoms with Gasteiger partial charge in [0, 0.05) is 6.61 Å². The van der Waals surface area contributed by atoms with Gasteiger partial charge in [-0.3, -0.25) is 9.36 Å². The molecule has 2 unspecified atom stereocenters. The lowest BCUT2D eigenvalue weighted by Gasteiger charge is -2.23. The molecule has 0 N–H and O–H groups in total. The lowest BCUT2D eigenvalue weighted by molar-refractivity contribution is 0.0738. The van der Waals surface area contributed by atoms with Crippen LogP contribution >= 0.6 is 11.6 Å². The minimum absolute atomic E-state index is 0.0115. The van der Waals surface area contributed by atoms with Crippen LogP contribution in [0.15, 0.2) is 29.1 Å². The van der Waals surface area contributed by atoms with Gasteiger partial charge in [-0.05, 0) is 37.3 Å². The monoisotopic (exact) mass is 304 g/mol. The molecule has 0 bridgehead atoms. The van der Waals surface area contributed by atoms with Crippen LogP contribution in [0.4, 0.5) is 0 Å². The fraction of sp³-hybridized carbons (Fsp3) is 0.500. The van der Waals surface area contributed by atoms with Gasteiger partial charge in [0.15, 0.2) is 0 Å². The van der Waals surface area contributed by atoms with E-state index in [1.54, 1.807) is 4.57 Å². The van der Waals surface area contributed by atoms with Gasteiger partial charge in [-0.25, -0.2) is 4.98 Å². The third-order valence-electron chi connectivity index (χ3n) is 4.52. The third-order valence-corrected chi connectivity index (χ3v) is 4.76. The van der Waals surface area contributed by atoms with Crippen LogP contribution in [0, 0.1) is 5.92 Å². The van der Waals surface area contributed by atoms with Crippen molar-refractivity contribution in [1.29, 1.82) is 0 Å². The summed E-state index contributed by atoms with van der Waals surface area (Å²) in [5, 5.41) is 0.660. The average Bonchev–Trinajstić information content (AvgIpc) is 3.25. The van der Waals surface area contributed by atoms with E-state index in [-0.39, 0.29) is 23.6 Å². The molecule has 0 radical (unpaired) electrons. The molecule has 1 aliphatic heterocycles. The van der Waals surface area contributed by atoms with Crippen molar-refractivity contribution in [2.24, 2.45) is 5.92 Å². The summed E-state index contributed by atoms with van der Waals surface area (Å²) in [6.45, 7) is 0.715. The fourth-order valence-electron chi connectivity index (χ4n) is 3.38. The zero-order valence-electron chi connectivity index (χ0n) is 11.7. The van der Waals surface area contributed by atoms with E-state index in [0.717, 1.165) is 11.9 Å². The number of benzene rings is 1. The van der Waals surface area contributed by atoms with E-state index in [1.807, 2.05) is 24.3 Å². The van der Waals surface area contributed by atoms with E-state index in [9.17, 15) is 4.79 Å². The number of aromatic nitrogens is 2. The summed E-state index contributed by atoms with van der Waals surface area (Å²) in [5.41, 5.74) is 0.730. The largest absolute Gasteiger partial charge is 0.376 e. The Morgan fingerprint density at radius 3 is 2.86 bits per heavy atom. The molecule has 2 atom stereocenters. The summed E-state index contributed by atoms with van der Waals surface area (Å²) < 4.78 is 7.68. The predicted molar refractivity (Wildman–Crippen MR) is 81.7 cm³/mol. The lowest BCUT2D eigenvalue weighted by Crippen LogP contribution is -2.34. The smallest absolute Gasteiger partial charge is 0.261 e. The van der Waals surface area contributed by atoms with Crippen LogP contribution in [0.1, 0.15) is 31.1 Å². The minimum Gasteiger partial charge on any atom is -0.376 e. The van der Waals surface area contributed by atoms with Crippen molar-refractivity contribution < 1.29 is 4.74 Å².